The Morgan fingerprint density at radius 2 is 2.11 bits per heavy atom. The first-order valence-corrected chi connectivity index (χ1v) is 10.8. The van der Waals surface area contributed by atoms with Crippen LogP contribution in [0.15, 0.2) is 22.5 Å². The number of piperidine rings is 1. The first kappa shape index (κ1) is 19.7. The van der Waals surface area contributed by atoms with Crippen LogP contribution in [0.4, 0.5) is 5.00 Å². The number of aromatic nitrogens is 2. The highest BCUT2D eigenvalue weighted by molar-refractivity contribution is 7.14. The van der Waals surface area contributed by atoms with Crippen LogP contribution in [-0.4, -0.2) is 48.0 Å². The van der Waals surface area contributed by atoms with E-state index in [0.29, 0.717) is 6.04 Å². The maximum absolute atomic E-state index is 4.81. The van der Waals surface area contributed by atoms with Crippen LogP contribution in [0.25, 0.3) is 0 Å². The molecule has 3 heterocycles. The molecule has 0 unspecified atom stereocenters. The fraction of sp³-hybridized carbons (Fsp3) is 0.600. The molecule has 1 aliphatic heterocycles. The number of aliphatic imine (C=N–C) groups is 1. The number of nitrogens with one attached hydrogen (secondary N) is 2. The van der Waals surface area contributed by atoms with Crippen molar-refractivity contribution in [3.8, 4) is 0 Å². The Kier molecular flexibility index (Phi) is 6.77. The fourth-order valence-corrected chi connectivity index (χ4v) is 4.45. The zero-order valence-corrected chi connectivity index (χ0v) is 17.8. The summed E-state index contributed by atoms with van der Waals surface area (Å²) < 4.78 is 1.96. The van der Waals surface area contributed by atoms with Crippen LogP contribution in [0, 0.1) is 13.8 Å². The van der Waals surface area contributed by atoms with Gasteiger partial charge in [0.05, 0.1) is 10.7 Å². The number of guanidine groups is 1. The summed E-state index contributed by atoms with van der Waals surface area (Å²) in [7, 11) is 2.00. The zero-order chi connectivity index (χ0) is 19.2. The van der Waals surface area contributed by atoms with Crippen LogP contribution in [0.3, 0.4) is 0 Å². The molecule has 1 aliphatic rings. The molecule has 1 fully saturated rings. The molecule has 0 bridgehead atoms. The third-order valence-electron chi connectivity index (χ3n) is 5.29. The SMILES string of the molecule is CCNC(=NCCc1c(C)nn(C)c1C)NC1CCN(c2cccs2)CC1. The van der Waals surface area contributed by atoms with Crippen molar-refractivity contribution in [2.45, 2.75) is 46.1 Å². The standard InChI is InChI=1S/C20H32N6S/c1-5-21-20(22-11-8-18-15(2)24-25(4)16(18)3)23-17-9-12-26(13-10-17)19-7-6-14-27-19/h6-7,14,17H,5,8-13H2,1-4H3,(H2,21,22,23). The molecule has 0 aromatic carbocycles. The van der Waals surface area contributed by atoms with Gasteiger partial charge in [-0.25, -0.2) is 0 Å². The van der Waals surface area contributed by atoms with Crippen molar-refractivity contribution in [2.75, 3.05) is 31.1 Å². The second kappa shape index (κ2) is 9.26. The van der Waals surface area contributed by atoms with Crippen LogP contribution in [-0.2, 0) is 13.5 Å². The normalized spacial score (nSPS) is 16.0. The molecule has 6 nitrogen and oxygen atoms in total. The molecule has 0 amide bonds. The number of thiophene rings is 1. The Hall–Kier alpha value is -2.02. The zero-order valence-electron chi connectivity index (χ0n) is 17.0. The Morgan fingerprint density at radius 1 is 1.33 bits per heavy atom. The van der Waals surface area contributed by atoms with Gasteiger partial charge in [-0.2, -0.15) is 5.10 Å². The van der Waals surface area contributed by atoms with Gasteiger partial charge in [0.2, 0.25) is 0 Å². The topological polar surface area (TPSA) is 57.5 Å². The highest BCUT2D eigenvalue weighted by Gasteiger charge is 2.20. The number of rotatable bonds is 6. The molecule has 0 atom stereocenters. The molecule has 1 saturated heterocycles. The monoisotopic (exact) mass is 388 g/mol. The molecule has 0 radical (unpaired) electrons. The summed E-state index contributed by atoms with van der Waals surface area (Å²) in [5.41, 5.74) is 3.67. The number of aryl methyl sites for hydroxylation is 2. The maximum atomic E-state index is 4.81. The summed E-state index contributed by atoms with van der Waals surface area (Å²) in [5.74, 6) is 0.936. The highest BCUT2D eigenvalue weighted by Crippen LogP contribution is 2.24. The minimum atomic E-state index is 0.487. The van der Waals surface area contributed by atoms with Gasteiger partial charge in [-0.3, -0.25) is 9.67 Å². The van der Waals surface area contributed by atoms with Gasteiger partial charge in [-0.05, 0) is 63.1 Å². The van der Waals surface area contributed by atoms with E-state index < -0.39 is 0 Å². The molecule has 27 heavy (non-hydrogen) atoms. The summed E-state index contributed by atoms with van der Waals surface area (Å²) in [4.78, 5) is 7.30. The van der Waals surface area contributed by atoms with E-state index in [1.807, 2.05) is 23.1 Å². The van der Waals surface area contributed by atoms with Gasteiger partial charge in [-0.15, -0.1) is 11.3 Å². The van der Waals surface area contributed by atoms with Gasteiger partial charge in [0.25, 0.3) is 0 Å². The first-order chi connectivity index (χ1) is 13.1. The largest absolute Gasteiger partial charge is 0.363 e. The molecule has 0 saturated carbocycles. The van der Waals surface area contributed by atoms with Gasteiger partial charge in [-0.1, -0.05) is 0 Å². The fourth-order valence-electron chi connectivity index (χ4n) is 3.67. The van der Waals surface area contributed by atoms with Crippen LogP contribution < -0.4 is 15.5 Å². The Balaban J connectivity index is 1.52. The second-order valence-corrected chi connectivity index (χ2v) is 8.07. The molecule has 2 aromatic rings. The van der Waals surface area contributed by atoms with E-state index in [1.165, 1.54) is 16.3 Å². The molecule has 7 heteroatoms. The van der Waals surface area contributed by atoms with E-state index in [1.54, 1.807) is 0 Å². The molecule has 0 aliphatic carbocycles. The van der Waals surface area contributed by atoms with E-state index in [-0.39, 0.29) is 0 Å². The number of hydrogen-bond acceptors (Lipinski definition) is 4. The minimum Gasteiger partial charge on any atom is -0.363 e. The second-order valence-electron chi connectivity index (χ2n) is 7.14. The van der Waals surface area contributed by atoms with Gasteiger partial charge in [0, 0.05) is 45.0 Å². The number of nitrogens with zero attached hydrogens (tertiary/aromatic N) is 4. The Morgan fingerprint density at radius 3 is 2.70 bits per heavy atom. The van der Waals surface area contributed by atoms with Crippen molar-refractivity contribution < 1.29 is 0 Å². The lowest BCUT2D eigenvalue weighted by atomic mass is 10.1. The predicted octanol–water partition coefficient (Wildman–Crippen LogP) is 2.87. The summed E-state index contributed by atoms with van der Waals surface area (Å²) in [6.07, 6.45) is 3.21. The van der Waals surface area contributed by atoms with Crippen molar-refractivity contribution in [1.29, 1.82) is 0 Å². The van der Waals surface area contributed by atoms with Crippen LogP contribution in [0.1, 0.15) is 36.7 Å². The highest BCUT2D eigenvalue weighted by atomic mass is 32.1. The van der Waals surface area contributed by atoms with Gasteiger partial charge in [0.15, 0.2) is 5.96 Å². The average molecular weight is 389 g/mol. The molecule has 2 N–H and O–H groups in total. The van der Waals surface area contributed by atoms with Gasteiger partial charge >= 0.3 is 0 Å². The minimum absolute atomic E-state index is 0.487. The lowest BCUT2D eigenvalue weighted by molar-refractivity contribution is 0.463. The summed E-state index contributed by atoms with van der Waals surface area (Å²) in [6.45, 7) is 10.2. The number of hydrogen-bond donors (Lipinski definition) is 2. The average Bonchev–Trinajstić information content (AvgIpc) is 3.27. The predicted molar refractivity (Wildman–Crippen MR) is 115 cm³/mol. The Bertz CT molecular complexity index is 741. The lowest BCUT2D eigenvalue weighted by Gasteiger charge is -2.33. The molecule has 2 aromatic heterocycles. The first-order valence-electron chi connectivity index (χ1n) is 9.90. The summed E-state index contributed by atoms with van der Waals surface area (Å²) in [6, 6.07) is 4.83. The van der Waals surface area contributed by atoms with Gasteiger partial charge < -0.3 is 15.5 Å². The molecule has 0 spiro atoms. The third kappa shape index (κ3) is 5.03. The van der Waals surface area contributed by atoms with E-state index in [9.17, 15) is 0 Å². The van der Waals surface area contributed by atoms with Crippen molar-refractivity contribution in [3.05, 3.63) is 34.5 Å². The summed E-state index contributed by atoms with van der Waals surface area (Å²) >= 11 is 1.83. The summed E-state index contributed by atoms with van der Waals surface area (Å²) in [5, 5.41) is 15.1. The maximum Gasteiger partial charge on any atom is 0.191 e. The van der Waals surface area contributed by atoms with E-state index in [2.05, 4.69) is 58.9 Å². The van der Waals surface area contributed by atoms with Crippen molar-refractivity contribution >= 4 is 22.3 Å². The van der Waals surface area contributed by atoms with Crippen LogP contribution in [0.5, 0.6) is 0 Å². The lowest BCUT2D eigenvalue weighted by Crippen LogP contribution is -2.48. The molecule has 3 rings (SSSR count). The molecular weight excluding hydrogens is 356 g/mol. The van der Waals surface area contributed by atoms with Crippen molar-refractivity contribution in [3.63, 3.8) is 0 Å². The van der Waals surface area contributed by atoms with E-state index in [4.69, 9.17) is 4.99 Å². The van der Waals surface area contributed by atoms with E-state index >= 15 is 0 Å². The Labute approximate surface area is 166 Å². The quantitative estimate of drug-likeness (QED) is 0.590. The van der Waals surface area contributed by atoms with Crippen molar-refractivity contribution in [2.24, 2.45) is 12.0 Å². The smallest absolute Gasteiger partial charge is 0.191 e. The number of anilines is 1. The van der Waals surface area contributed by atoms with Crippen LogP contribution in [0.2, 0.25) is 0 Å². The van der Waals surface area contributed by atoms with Gasteiger partial charge in [0.1, 0.15) is 0 Å². The molecular formula is C20H32N6S. The van der Waals surface area contributed by atoms with Crippen molar-refractivity contribution in [1.82, 2.24) is 20.4 Å². The van der Waals surface area contributed by atoms with Crippen LogP contribution >= 0.6 is 11.3 Å². The third-order valence-corrected chi connectivity index (χ3v) is 6.22. The molecule has 148 valence electrons. The van der Waals surface area contributed by atoms with E-state index in [0.717, 1.165) is 57.1 Å².